The topological polar surface area (TPSA) is 57.7 Å². The van der Waals surface area contributed by atoms with Crippen molar-refractivity contribution in [2.45, 2.75) is 44.6 Å². The van der Waals surface area contributed by atoms with Gasteiger partial charge in [0.2, 0.25) is 15.9 Å². The van der Waals surface area contributed by atoms with Gasteiger partial charge in [0.1, 0.15) is 0 Å². The number of rotatable bonds is 2. The van der Waals surface area contributed by atoms with Crippen molar-refractivity contribution < 1.29 is 13.2 Å². The van der Waals surface area contributed by atoms with E-state index in [4.69, 9.17) is 0 Å². The van der Waals surface area contributed by atoms with Crippen LogP contribution in [0.1, 0.15) is 37.8 Å². The molecule has 1 amide bonds. The Kier molecular flexibility index (Phi) is 4.47. The Morgan fingerprint density at radius 2 is 1.83 bits per heavy atom. The number of carbonyl (C=O) groups is 1. The number of piperidine rings is 1. The maximum atomic E-state index is 12.8. The van der Waals surface area contributed by atoms with Gasteiger partial charge in [0.05, 0.1) is 4.90 Å². The molecule has 0 unspecified atom stereocenters. The molecule has 3 rings (SSSR count). The van der Waals surface area contributed by atoms with E-state index in [9.17, 15) is 13.2 Å². The molecule has 1 aromatic rings. The lowest BCUT2D eigenvalue weighted by Crippen LogP contribution is -2.38. The normalized spacial score (nSPS) is 20.3. The lowest BCUT2D eigenvalue weighted by atomic mass is 10.00. The lowest BCUT2D eigenvalue weighted by Gasteiger charge is -2.31. The van der Waals surface area contributed by atoms with Crippen LogP contribution < -0.4 is 0 Å². The van der Waals surface area contributed by atoms with Gasteiger partial charge in [-0.15, -0.1) is 0 Å². The molecule has 0 aromatic heterocycles. The molecule has 2 heterocycles. The van der Waals surface area contributed by atoms with Gasteiger partial charge in [-0.05, 0) is 48.4 Å². The van der Waals surface area contributed by atoms with Gasteiger partial charge in [0.15, 0.2) is 0 Å². The average Bonchev–Trinajstić information content (AvgIpc) is 2.54. The Balaban J connectivity index is 1.86. The largest absolute Gasteiger partial charge is 0.338 e. The van der Waals surface area contributed by atoms with E-state index in [2.05, 4.69) is 6.92 Å². The molecule has 6 heteroatoms. The van der Waals surface area contributed by atoms with Crippen LogP contribution in [0.25, 0.3) is 0 Å². The number of fused-ring (bicyclic) bond motifs is 1. The molecule has 0 aliphatic carbocycles. The zero-order chi connectivity index (χ0) is 16.6. The lowest BCUT2D eigenvalue weighted by molar-refractivity contribution is -0.129. The Morgan fingerprint density at radius 1 is 1.13 bits per heavy atom. The van der Waals surface area contributed by atoms with E-state index in [0.717, 1.165) is 30.4 Å². The summed E-state index contributed by atoms with van der Waals surface area (Å²) >= 11 is 0. The predicted octanol–water partition coefficient (Wildman–Crippen LogP) is 2.01. The number of amides is 1. The number of benzene rings is 1. The van der Waals surface area contributed by atoms with Crippen molar-refractivity contribution in [2.24, 2.45) is 5.92 Å². The molecule has 0 N–H and O–H groups in total. The van der Waals surface area contributed by atoms with Gasteiger partial charge in [0, 0.05) is 33.1 Å². The highest BCUT2D eigenvalue weighted by atomic mass is 32.2. The SMILES string of the molecule is CC(=O)N1CCc2ccc(S(=O)(=O)N3CCC(C)CC3)cc2C1. The van der Waals surface area contributed by atoms with Crippen molar-refractivity contribution in [1.29, 1.82) is 0 Å². The first-order valence-corrected chi connectivity index (χ1v) is 9.69. The van der Waals surface area contributed by atoms with Gasteiger partial charge >= 0.3 is 0 Å². The number of sulfonamides is 1. The van der Waals surface area contributed by atoms with Crippen LogP contribution in [0.2, 0.25) is 0 Å². The number of carbonyl (C=O) groups excluding carboxylic acids is 1. The second-order valence-corrected chi connectivity index (χ2v) is 8.65. The fraction of sp³-hybridized carbons (Fsp3) is 0.588. The maximum absolute atomic E-state index is 12.8. The van der Waals surface area contributed by atoms with Gasteiger partial charge in [-0.3, -0.25) is 4.79 Å². The van der Waals surface area contributed by atoms with Gasteiger partial charge in [-0.1, -0.05) is 13.0 Å². The van der Waals surface area contributed by atoms with Crippen LogP contribution in [0.4, 0.5) is 0 Å². The highest BCUT2D eigenvalue weighted by Crippen LogP contribution is 2.27. The van der Waals surface area contributed by atoms with E-state index >= 15 is 0 Å². The molecular weight excluding hydrogens is 312 g/mol. The summed E-state index contributed by atoms with van der Waals surface area (Å²) in [6.45, 7) is 6.13. The second-order valence-electron chi connectivity index (χ2n) is 6.71. The molecule has 0 atom stereocenters. The van der Waals surface area contributed by atoms with Crippen molar-refractivity contribution in [3.8, 4) is 0 Å². The Labute approximate surface area is 138 Å². The molecule has 0 spiro atoms. The van der Waals surface area contributed by atoms with Crippen LogP contribution in [0.5, 0.6) is 0 Å². The van der Waals surface area contributed by atoms with Crippen LogP contribution in [0.15, 0.2) is 23.1 Å². The molecule has 2 aliphatic rings. The summed E-state index contributed by atoms with van der Waals surface area (Å²) in [7, 11) is -3.43. The highest BCUT2D eigenvalue weighted by Gasteiger charge is 2.29. The molecule has 0 saturated carbocycles. The van der Waals surface area contributed by atoms with E-state index in [1.54, 1.807) is 28.3 Å². The van der Waals surface area contributed by atoms with Crippen molar-refractivity contribution >= 4 is 15.9 Å². The first kappa shape index (κ1) is 16.5. The molecule has 5 nitrogen and oxygen atoms in total. The molecule has 2 aliphatic heterocycles. The van der Waals surface area contributed by atoms with Crippen molar-refractivity contribution in [3.05, 3.63) is 29.3 Å². The first-order chi connectivity index (χ1) is 10.9. The first-order valence-electron chi connectivity index (χ1n) is 8.25. The molecule has 126 valence electrons. The molecule has 1 saturated heterocycles. The quantitative estimate of drug-likeness (QED) is 0.830. The minimum Gasteiger partial charge on any atom is -0.338 e. The van der Waals surface area contributed by atoms with E-state index in [1.807, 2.05) is 6.07 Å². The summed E-state index contributed by atoms with van der Waals surface area (Å²) in [4.78, 5) is 13.7. The third kappa shape index (κ3) is 3.28. The summed E-state index contributed by atoms with van der Waals surface area (Å²) in [5.74, 6) is 0.628. The van der Waals surface area contributed by atoms with Crippen LogP contribution in [-0.4, -0.2) is 43.2 Å². The zero-order valence-corrected chi connectivity index (χ0v) is 14.6. The third-order valence-corrected chi connectivity index (χ3v) is 6.91. The fourth-order valence-corrected chi connectivity index (χ4v) is 4.86. The summed E-state index contributed by atoms with van der Waals surface area (Å²) in [5.41, 5.74) is 2.10. The molecule has 1 fully saturated rings. The van der Waals surface area contributed by atoms with Gasteiger partial charge < -0.3 is 4.90 Å². The summed E-state index contributed by atoms with van der Waals surface area (Å²) in [6.07, 6.45) is 2.63. The smallest absolute Gasteiger partial charge is 0.243 e. The number of hydrogen-bond acceptors (Lipinski definition) is 3. The standard InChI is InChI=1S/C17H24N2O3S/c1-13-5-9-19(10-6-13)23(21,22)17-4-3-15-7-8-18(14(2)20)12-16(15)11-17/h3-4,11,13H,5-10,12H2,1-2H3. The summed E-state index contributed by atoms with van der Waals surface area (Å²) in [5, 5.41) is 0. The molecular formula is C17H24N2O3S. The highest BCUT2D eigenvalue weighted by molar-refractivity contribution is 7.89. The van der Waals surface area contributed by atoms with Gasteiger partial charge in [0.25, 0.3) is 0 Å². The van der Waals surface area contributed by atoms with Crippen molar-refractivity contribution in [3.63, 3.8) is 0 Å². The fourth-order valence-electron chi connectivity index (χ4n) is 3.34. The summed E-state index contributed by atoms with van der Waals surface area (Å²) < 4.78 is 27.3. The van der Waals surface area contributed by atoms with E-state index < -0.39 is 10.0 Å². The minimum atomic E-state index is -3.43. The van der Waals surface area contributed by atoms with E-state index in [-0.39, 0.29) is 5.91 Å². The van der Waals surface area contributed by atoms with Crippen LogP contribution in [-0.2, 0) is 27.8 Å². The van der Waals surface area contributed by atoms with Gasteiger partial charge in [-0.2, -0.15) is 4.31 Å². The average molecular weight is 336 g/mol. The third-order valence-electron chi connectivity index (χ3n) is 5.02. The van der Waals surface area contributed by atoms with Crippen LogP contribution in [0.3, 0.4) is 0 Å². The number of nitrogens with zero attached hydrogens (tertiary/aromatic N) is 2. The minimum absolute atomic E-state index is 0.0360. The Hall–Kier alpha value is -1.40. The molecule has 0 bridgehead atoms. The molecule has 23 heavy (non-hydrogen) atoms. The van der Waals surface area contributed by atoms with Crippen molar-refractivity contribution in [1.82, 2.24) is 9.21 Å². The van der Waals surface area contributed by atoms with Crippen LogP contribution >= 0.6 is 0 Å². The molecule has 1 aromatic carbocycles. The number of hydrogen-bond donors (Lipinski definition) is 0. The van der Waals surface area contributed by atoms with Crippen LogP contribution in [0, 0.1) is 5.92 Å². The predicted molar refractivity (Wildman–Crippen MR) is 88.4 cm³/mol. The monoisotopic (exact) mass is 336 g/mol. The molecule has 0 radical (unpaired) electrons. The second kappa shape index (κ2) is 6.24. The Bertz CT molecular complexity index is 707. The Morgan fingerprint density at radius 3 is 2.48 bits per heavy atom. The van der Waals surface area contributed by atoms with Gasteiger partial charge in [-0.25, -0.2) is 8.42 Å². The van der Waals surface area contributed by atoms with E-state index in [0.29, 0.717) is 37.0 Å². The van der Waals surface area contributed by atoms with Crippen molar-refractivity contribution in [2.75, 3.05) is 19.6 Å². The summed E-state index contributed by atoms with van der Waals surface area (Å²) in [6, 6.07) is 5.39. The van der Waals surface area contributed by atoms with E-state index in [1.165, 1.54) is 0 Å². The maximum Gasteiger partial charge on any atom is 0.243 e. The zero-order valence-electron chi connectivity index (χ0n) is 13.8.